The van der Waals surface area contributed by atoms with Gasteiger partial charge in [0.05, 0.1) is 0 Å². The van der Waals surface area contributed by atoms with Crippen LogP contribution in [0.2, 0.25) is 0 Å². The molecule has 3 nitrogen and oxygen atoms in total. The fraction of sp³-hybridized carbons (Fsp3) is 0.267. The van der Waals surface area contributed by atoms with Gasteiger partial charge in [-0.1, -0.05) is 19.9 Å². The Balaban J connectivity index is 1.96. The first-order valence-electron chi connectivity index (χ1n) is 6.25. The fourth-order valence-corrected chi connectivity index (χ4v) is 1.52. The summed E-state index contributed by atoms with van der Waals surface area (Å²) >= 11 is 0. The van der Waals surface area contributed by atoms with Crippen LogP contribution < -0.4 is 10.1 Å². The zero-order chi connectivity index (χ0) is 13.7. The second-order valence-corrected chi connectivity index (χ2v) is 4.60. The maximum Gasteiger partial charge on any atom is 0.219 e. The van der Waals surface area contributed by atoms with Crippen LogP contribution in [0, 0.1) is 5.82 Å². The first kappa shape index (κ1) is 13.5. The average molecular weight is 260 g/mol. The number of hydrogen-bond acceptors (Lipinski definition) is 3. The summed E-state index contributed by atoms with van der Waals surface area (Å²) < 4.78 is 18.3. The standard InChI is InChI=1S/C15H17FN2O/c1-11(2)17-9-12-3-8-15(18-10-12)19-14-6-4-13(16)5-7-14/h3-8,10-11,17H,9H2,1-2H3. The molecule has 1 aromatic heterocycles. The minimum absolute atomic E-state index is 0.282. The number of rotatable bonds is 5. The highest BCUT2D eigenvalue weighted by Gasteiger charge is 2.00. The van der Waals surface area contributed by atoms with E-state index in [1.807, 2.05) is 6.07 Å². The lowest BCUT2D eigenvalue weighted by Gasteiger charge is -2.08. The molecule has 0 bridgehead atoms. The van der Waals surface area contributed by atoms with Crippen LogP contribution in [0.4, 0.5) is 4.39 Å². The molecule has 4 heteroatoms. The predicted octanol–water partition coefficient (Wildman–Crippen LogP) is 3.51. The van der Waals surface area contributed by atoms with Gasteiger partial charge in [-0.2, -0.15) is 0 Å². The van der Waals surface area contributed by atoms with Crippen molar-refractivity contribution in [1.29, 1.82) is 0 Å². The molecular formula is C15H17FN2O. The van der Waals surface area contributed by atoms with Crippen LogP contribution in [0.25, 0.3) is 0 Å². The zero-order valence-corrected chi connectivity index (χ0v) is 11.1. The van der Waals surface area contributed by atoms with Crippen molar-refractivity contribution < 1.29 is 9.13 Å². The Labute approximate surface area is 112 Å². The van der Waals surface area contributed by atoms with Gasteiger partial charge in [-0.05, 0) is 29.8 Å². The third kappa shape index (κ3) is 4.34. The Kier molecular flexibility index (Phi) is 4.47. The van der Waals surface area contributed by atoms with E-state index in [4.69, 9.17) is 4.74 Å². The van der Waals surface area contributed by atoms with Crippen molar-refractivity contribution in [2.75, 3.05) is 0 Å². The third-order valence-electron chi connectivity index (χ3n) is 2.55. The number of halogens is 1. The Bertz CT molecular complexity index is 509. The van der Waals surface area contributed by atoms with Gasteiger partial charge in [0.1, 0.15) is 11.6 Å². The van der Waals surface area contributed by atoms with Crippen molar-refractivity contribution >= 4 is 0 Å². The molecule has 0 aliphatic rings. The molecule has 0 saturated heterocycles. The summed E-state index contributed by atoms with van der Waals surface area (Å²) in [6, 6.07) is 10.1. The van der Waals surface area contributed by atoms with Crippen molar-refractivity contribution in [3.8, 4) is 11.6 Å². The number of nitrogens with zero attached hydrogens (tertiary/aromatic N) is 1. The molecule has 0 amide bonds. The van der Waals surface area contributed by atoms with E-state index in [1.165, 1.54) is 12.1 Å². The van der Waals surface area contributed by atoms with Crippen LogP contribution in [0.1, 0.15) is 19.4 Å². The third-order valence-corrected chi connectivity index (χ3v) is 2.55. The van der Waals surface area contributed by atoms with Gasteiger partial charge >= 0.3 is 0 Å². The monoisotopic (exact) mass is 260 g/mol. The van der Waals surface area contributed by atoms with E-state index < -0.39 is 0 Å². The van der Waals surface area contributed by atoms with Crippen LogP contribution in [-0.4, -0.2) is 11.0 Å². The molecule has 0 radical (unpaired) electrons. The highest BCUT2D eigenvalue weighted by Crippen LogP contribution is 2.19. The Morgan fingerprint density at radius 2 is 1.89 bits per heavy atom. The van der Waals surface area contributed by atoms with Crippen molar-refractivity contribution in [2.45, 2.75) is 26.4 Å². The van der Waals surface area contributed by atoms with Gasteiger partial charge < -0.3 is 10.1 Å². The van der Waals surface area contributed by atoms with E-state index >= 15 is 0 Å². The topological polar surface area (TPSA) is 34.1 Å². The number of ether oxygens (including phenoxy) is 1. The van der Waals surface area contributed by atoms with Crippen molar-refractivity contribution in [3.63, 3.8) is 0 Å². The van der Waals surface area contributed by atoms with Crippen molar-refractivity contribution in [3.05, 3.63) is 54.0 Å². The Morgan fingerprint density at radius 1 is 1.16 bits per heavy atom. The van der Waals surface area contributed by atoms with Crippen molar-refractivity contribution in [1.82, 2.24) is 10.3 Å². The molecule has 0 unspecified atom stereocenters. The molecule has 2 rings (SSSR count). The van der Waals surface area contributed by atoms with Gasteiger partial charge in [0.25, 0.3) is 0 Å². The molecule has 1 N–H and O–H groups in total. The van der Waals surface area contributed by atoms with Gasteiger partial charge in [-0.25, -0.2) is 9.37 Å². The number of benzene rings is 1. The summed E-state index contributed by atoms with van der Waals surface area (Å²) in [5.41, 5.74) is 1.10. The molecule has 19 heavy (non-hydrogen) atoms. The van der Waals surface area contributed by atoms with Gasteiger partial charge in [0, 0.05) is 24.8 Å². The molecule has 0 atom stereocenters. The average Bonchev–Trinajstić information content (AvgIpc) is 2.40. The van der Waals surface area contributed by atoms with Crippen LogP contribution in [0.3, 0.4) is 0 Å². The first-order valence-corrected chi connectivity index (χ1v) is 6.25. The smallest absolute Gasteiger partial charge is 0.219 e. The van der Waals surface area contributed by atoms with Crippen LogP contribution in [0.15, 0.2) is 42.6 Å². The van der Waals surface area contributed by atoms with Gasteiger partial charge in [0.2, 0.25) is 5.88 Å². The van der Waals surface area contributed by atoms with Crippen LogP contribution in [-0.2, 0) is 6.54 Å². The molecule has 0 aliphatic carbocycles. The highest BCUT2D eigenvalue weighted by atomic mass is 19.1. The molecule has 1 aromatic carbocycles. The zero-order valence-electron chi connectivity index (χ0n) is 11.1. The van der Waals surface area contributed by atoms with E-state index in [0.717, 1.165) is 12.1 Å². The Hall–Kier alpha value is -1.94. The molecule has 0 fully saturated rings. The van der Waals surface area contributed by atoms with E-state index in [2.05, 4.69) is 24.1 Å². The number of pyridine rings is 1. The van der Waals surface area contributed by atoms with Gasteiger partial charge in [-0.3, -0.25) is 0 Å². The van der Waals surface area contributed by atoms with E-state index in [1.54, 1.807) is 24.4 Å². The summed E-state index contributed by atoms with van der Waals surface area (Å²) in [6.45, 7) is 4.97. The largest absolute Gasteiger partial charge is 0.439 e. The van der Waals surface area contributed by atoms with Gasteiger partial charge in [0.15, 0.2) is 0 Å². The molecule has 0 spiro atoms. The quantitative estimate of drug-likeness (QED) is 0.893. The summed E-state index contributed by atoms with van der Waals surface area (Å²) in [7, 11) is 0. The lowest BCUT2D eigenvalue weighted by atomic mass is 10.2. The summed E-state index contributed by atoms with van der Waals surface area (Å²) in [5.74, 6) is 0.789. The fourth-order valence-electron chi connectivity index (χ4n) is 1.52. The molecule has 100 valence electrons. The van der Waals surface area contributed by atoms with E-state index in [0.29, 0.717) is 17.7 Å². The van der Waals surface area contributed by atoms with E-state index in [9.17, 15) is 4.39 Å². The molecule has 1 heterocycles. The second kappa shape index (κ2) is 6.29. The Morgan fingerprint density at radius 3 is 2.47 bits per heavy atom. The van der Waals surface area contributed by atoms with E-state index in [-0.39, 0.29) is 5.82 Å². The minimum atomic E-state index is -0.282. The lowest BCUT2D eigenvalue weighted by molar-refractivity contribution is 0.460. The SMILES string of the molecule is CC(C)NCc1ccc(Oc2ccc(F)cc2)nc1. The normalized spacial score (nSPS) is 10.7. The summed E-state index contributed by atoms with van der Waals surface area (Å²) in [4.78, 5) is 4.22. The molecule has 0 saturated carbocycles. The maximum absolute atomic E-state index is 12.8. The number of hydrogen-bond donors (Lipinski definition) is 1. The second-order valence-electron chi connectivity index (χ2n) is 4.60. The minimum Gasteiger partial charge on any atom is -0.439 e. The molecule has 2 aromatic rings. The summed E-state index contributed by atoms with van der Waals surface area (Å²) in [5, 5.41) is 3.31. The first-order chi connectivity index (χ1) is 9.13. The predicted molar refractivity (Wildman–Crippen MR) is 72.7 cm³/mol. The van der Waals surface area contributed by atoms with Crippen LogP contribution >= 0.6 is 0 Å². The maximum atomic E-state index is 12.8. The van der Waals surface area contributed by atoms with Gasteiger partial charge in [-0.15, -0.1) is 0 Å². The van der Waals surface area contributed by atoms with Crippen LogP contribution in [0.5, 0.6) is 11.6 Å². The molecular weight excluding hydrogens is 243 g/mol. The lowest BCUT2D eigenvalue weighted by Crippen LogP contribution is -2.21. The summed E-state index contributed by atoms with van der Waals surface area (Å²) in [6.07, 6.45) is 1.77. The highest BCUT2D eigenvalue weighted by molar-refractivity contribution is 5.28. The van der Waals surface area contributed by atoms with Crippen molar-refractivity contribution in [2.24, 2.45) is 0 Å². The molecule has 0 aliphatic heterocycles. The number of aromatic nitrogens is 1. The number of nitrogens with one attached hydrogen (secondary N) is 1.